The zero-order chi connectivity index (χ0) is 22.9. The molecule has 4 heteroatoms. The van der Waals surface area contributed by atoms with Gasteiger partial charge >= 0.3 is 0 Å². The molecule has 33 heavy (non-hydrogen) atoms. The second-order valence-electron chi connectivity index (χ2n) is 8.79. The molecule has 5 rings (SSSR count). The third kappa shape index (κ3) is 3.86. The number of amides is 1. The van der Waals surface area contributed by atoms with Gasteiger partial charge < -0.3 is 9.47 Å². The zero-order valence-corrected chi connectivity index (χ0v) is 19.0. The van der Waals surface area contributed by atoms with Crippen LogP contribution in [0.5, 0.6) is 0 Å². The quantitative estimate of drug-likeness (QED) is 0.435. The van der Waals surface area contributed by atoms with E-state index >= 15 is 0 Å². The lowest BCUT2D eigenvalue weighted by atomic mass is 9.90. The van der Waals surface area contributed by atoms with Crippen LogP contribution in [0.2, 0.25) is 0 Å². The van der Waals surface area contributed by atoms with Gasteiger partial charge in [-0.15, -0.1) is 0 Å². The second kappa shape index (κ2) is 8.70. The highest BCUT2D eigenvalue weighted by atomic mass is 19.1. The van der Waals surface area contributed by atoms with Crippen molar-refractivity contribution in [2.45, 2.75) is 32.7 Å². The Labute approximate surface area is 194 Å². The van der Waals surface area contributed by atoms with E-state index in [9.17, 15) is 9.18 Å². The Balaban J connectivity index is 1.78. The molecule has 0 N–H and O–H groups in total. The molecule has 0 saturated carbocycles. The van der Waals surface area contributed by atoms with Gasteiger partial charge in [0, 0.05) is 35.6 Å². The van der Waals surface area contributed by atoms with Crippen molar-refractivity contribution in [2.24, 2.45) is 0 Å². The Morgan fingerprint density at radius 2 is 1.76 bits per heavy atom. The van der Waals surface area contributed by atoms with E-state index < -0.39 is 0 Å². The number of carbonyl (C=O) groups is 1. The van der Waals surface area contributed by atoms with Gasteiger partial charge in [0.25, 0.3) is 5.91 Å². The second-order valence-corrected chi connectivity index (χ2v) is 8.79. The summed E-state index contributed by atoms with van der Waals surface area (Å²) in [6.07, 6.45) is 13.8. The van der Waals surface area contributed by atoms with Gasteiger partial charge in [0.1, 0.15) is 11.5 Å². The summed E-state index contributed by atoms with van der Waals surface area (Å²) in [5.74, 6) is -0.271. The zero-order valence-electron chi connectivity index (χ0n) is 19.0. The van der Waals surface area contributed by atoms with Crippen LogP contribution < -0.4 is 0 Å². The topological polar surface area (TPSA) is 25.2 Å². The first-order valence-corrected chi connectivity index (χ1v) is 11.5. The number of aromatic nitrogens is 1. The molecule has 1 aliphatic heterocycles. The van der Waals surface area contributed by atoms with E-state index in [4.69, 9.17) is 0 Å². The van der Waals surface area contributed by atoms with Crippen molar-refractivity contribution in [3.8, 4) is 22.3 Å². The minimum Gasteiger partial charge on any atom is -0.340 e. The SMILES string of the molecule is CC(C)n1cc(-c2ccc(F)cc2)c2c1C(=O)N(C1=CCC=CC=C1)CCc1ccccc1-2. The van der Waals surface area contributed by atoms with Gasteiger partial charge in [-0.3, -0.25) is 4.79 Å². The minimum absolute atomic E-state index is 0.000588. The van der Waals surface area contributed by atoms with Crippen LogP contribution in [0.25, 0.3) is 22.3 Å². The highest BCUT2D eigenvalue weighted by Crippen LogP contribution is 2.42. The first kappa shape index (κ1) is 21.2. The lowest BCUT2D eigenvalue weighted by Crippen LogP contribution is -2.35. The van der Waals surface area contributed by atoms with E-state index in [1.165, 1.54) is 17.7 Å². The number of allylic oxidation sites excluding steroid dienone is 5. The molecule has 1 amide bonds. The van der Waals surface area contributed by atoms with Gasteiger partial charge in [-0.2, -0.15) is 0 Å². The smallest absolute Gasteiger partial charge is 0.275 e. The molecule has 0 fully saturated rings. The molecule has 2 aliphatic rings. The highest BCUT2D eigenvalue weighted by molar-refractivity contribution is 6.06. The third-order valence-corrected chi connectivity index (χ3v) is 6.37. The Hall–Kier alpha value is -3.66. The third-order valence-electron chi connectivity index (χ3n) is 6.37. The number of benzene rings is 2. The van der Waals surface area contributed by atoms with Gasteiger partial charge in [0.15, 0.2) is 0 Å². The van der Waals surface area contributed by atoms with E-state index in [2.05, 4.69) is 55.0 Å². The fraction of sp³-hybridized carbons (Fsp3) is 0.207. The lowest BCUT2D eigenvalue weighted by molar-refractivity contribution is 0.0799. The van der Waals surface area contributed by atoms with Crippen molar-refractivity contribution in [1.29, 1.82) is 0 Å². The van der Waals surface area contributed by atoms with E-state index in [0.717, 1.165) is 40.8 Å². The molecule has 2 heterocycles. The normalized spacial score (nSPS) is 15.6. The molecule has 3 aromatic rings. The summed E-state index contributed by atoms with van der Waals surface area (Å²) in [7, 11) is 0. The summed E-state index contributed by atoms with van der Waals surface area (Å²) in [4.78, 5) is 16.1. The Morgan fingerprint density at radius 3 is 2.55 bits per heavy atom. The molecule has 0 atom stereocenters. The van der Waals surface area contributed by atoms with E-state index in [-0.39, 0.29) is 17.8 Å². The largest absolute Gasteiger partial charge is 0.340 e. The molecule has 3 nitrogen and oxygen atoms in total. The molecule has 0 radical (unpaired) electrons. The maximum atomic E-state index is 14.2. The van der Waals surface area contributed by atoms with Crippen molar-refractivity contribution in [1.82, 2.24) is 9.47 Å². The van der Waals surface area contributed by atoms with Crippen molar-refractivity contribution in [3.05, 3.63) is 108 Å². The summed E-state index contributed by atoms with van der Waals surface area (Å²) >= 11 is 0. The summed E-state index contributed by atoms with van der Waals surface area (Å²) in [5, 5.41) is 0. The monoisotopic (exact) mass is 438 g/mol. The van der Waals surface area contributed by atoms with Crippen molar-refractivity contribution >= 4 is 5.91 Å². The number of hydrogen-bond donors (Lipinski definition) is 0. The molecule has 0 bridgehead atoms. The van der Waals surface area contributed by atoms with Crippen LogP contribution in [0.4, 0.5) is 4.39 Å². The van der Waals surface area contributed by atoms with Crippen LogP contribution in [0.15, 0.2) is 90.8 Å². The maximum Gasteiger partial charge on any atom is 0.275 e. The summed E-state index contributed by atoms with van der Waals surface area (Å²) in [6.45, 7) is 4.79. The number of nitrogens with zero attached hydrogens (tertiary/aromatic N) is 2. The standard InChI is InChI=1S/C29H27FN2O/c1-20(2)32-19-26(22-13-15-23(30)16-14-22)27-25-12-8-7-9-21(25)17-18-31(29(33)28(27)32)24-10-5-3-4-6-11-24/h3-5,7-16,19-20H,6,17-18H2,1-2H3. The summed E-state index contributed by atoms with van der Waals surface area (Å²) < 4.78 is 15.8. The minimum atomic E-state index is -0.270. The van der Waals surface area contributed by atoms with Gasteiger partial charge in [-0.1, -0.05) is 60.7 Å². The predicted molar refractivity (Wildman–Crippen MR) is 131 cm³/mol. The fourth-order valence-corrected chi connectivity index (χ4v) is 4.73. The molecule has 1 aromatic heterocycles. The van der Waals surface area contributed by atoms with Crippen molar-refractivity contribution in [2.75, 3.05) is 6.54 Å². The van der Waals surface area contributed by atoms with E-state index in [1.54, 1.807) is 12.1 Å². The molecular weight excluding hydrogens is 411 g/mol. The van der Waals surface area contributed by atoms with Crippen molar-refractivity contribution in [3.63, 3.8) is 0 Å². The maximum absolute atomic E-state index is 14.2. The Morgan fingerprint density at radius 1 is 0.970 bits per heavy atom. The molecule has 2 aromatic carbocycles. The average Bonchev–Trinajstić information content (AvgIpc) is 3.00. The number of carbonyl (C=O) groups excluding carboxylic acids is 1. The summed E-state index contributed by atoms with van der Waals surface area (Å²) in [5.41, 5.74) is 6.67. The number of halogens is 1. The molecular formula is C29H27FN2O. The molecule has 166 valence electrons. The molecule has 0 saturated heterocycles. The van der Waals surface area contributed by atoms with Gasteiger partial charge in [0.05, 0.1) is 0 Å². The molecule has 0 unspecified atom stereocenters. The Kier molecular flexibility index (Phi) is 5.59. The van der Waals surface area contributed by atoms with Gasteiger partial charge in [0.2, 0.25) is 0 Å². The van der Waals surface area contributed by atoms with Gasteiger partial charge in [-0.25, -0.2) is 4.39 Å². The average molecular weight is 439 g/mol. The van der Waals surface area contributed by atoms with Crippen LogP contribution >= 0.6 is 0 Å². The van der Waals surface area contributed by atoms with E-state index in [1.807, 2.05) is 29.2 Å². The predicted octanol–water partition coefficient (Wildman–Crippen LogP) is 6.94. The fourth-order valence-electron chi connectivity index (χ4n) is 4.73. The van der Waals surface area contributed by atoms with Crippen LogP contribution in [-0.4, -0.2) is 21.9 Å². The van der Waals surface area contributed by atoms with Crippen LogP contribution in [0, 0.1) is 5.82 Å². The number of rotatable bonds is 3. The van der Waals surface area contributed by atoms with Crippen LogP contribution in [0.1, 0.15) is 42.4 Å². The number of fused-ring (bicyclic) bond motifs is 3. The first-order chi connectivity index (χ1) is 16.0. The van der Waals surface area contributed by atoms with Crippen LogP contribution in [-0.2, 0) is 6.42 Å². The van der Waals surface area contributed by atoms with Gasteiger partial charge in [-0.05, 0) is 61.6 Å². The highest BCUT2D eigenvalue weighted by Gasteiger charge is 2.32. The Bertz CT molecular complexity index is 1290. The first-order valence-electron chi connectivity index (χ1n) is 11.5. The summed E-state index contributed by atoms with van der Waals surface area (Å²) in [6, 6.07) is 15.0. The molecule has 1 aliphatic carbocycles. The molecule has 0 spiro atoms. The number of hydrogen-bond acceptors (Lipinski definition) is 1. The lowest BCUT2D eigenvalue weighted by Gasteiger charge is -2.29. The van der Waals surface area contributed by atoms with E-state index in [0.29, 0.717) is 12.2 Å². The van der Waals surface area contributed by atoms with Crippen LogP contribution in [0.3, 0.4) is 0 Å². The van der Waals surface area contributed by atoms with Crippen molar-refractivity contribution < 1.29 is 9.18 Å².